The first-order chi connectivity index (χ1) is 15.5. The summed E-state index contributed by atoms with van der Waals surface area (Å²) in [5.74, 6) is 0.920. The molecule has 1 fully saturated rings. The monoisotopic (exact) mass is 436 g/mol. The third kappa shape index (κ3) is 5.22. The number of carbonyl (C=O) groups excluding carboxylic acids is 1. The first-order valence-electron chi connectivity index (χ1n) is 11.9. The maximum atomic E-state index is 13.8. The number of fused-ring (bicyclic) bond motifs is 3. The van der Waals surface area contributed by atoms with E-state index < -0.39 is 0 Å². The highest BCUT2D eigenvalue weighted by Crippen LogP contribution is 2.32. The van der Waals surface area contributed by atoms with E-state index in [0.717, 1.165) is 35.7 Å². The number of amides is 1. The van der Waals surface area contributed by atoms with Gasteiger partial charge in [0.15, 0.2) is 0 Å². The van der Waals surface area contributed by atoms with Crippen LogP contribution in [0.1, 0.15) is 42.6 Å². The molecule has 2 aromatic rings. The Kier molecular flexibility index (Phi) is 7.29. The zero-order chi connectivity index (χ0) is 22.7. The van der Waals surface area contributed by atoms with E-state index in [2.05, 4.69) is 31.0 Å². The van der Waals surface area contributed by atoms with E-state index in [0.29, 0.717) is 18.7 Å². The molecule has 1 aliphatic carbocycles. The quantitative estimate of drug-likeness (QED) is 0.742. The molecule has 1 amide bonds. The fourth-order valence-electron chi connectivity index (χ4n) is 4.67. The molecule has 0 unspecified atom stereocenters. The molecular weight excluding hydrogens is 400 g/mol. The van der Waals surface area contributed by atoms with Crippen molar-refractivity contribution >= 4 is 5.91 Å². The van der Waals surface area contributed by atoms with Crippen LogP contribution in [-0.2, 0) is 11.3 Å². The van der Waals surface area contributed by atoms with Crippen LogP contribution < -0.4 is 0 Å². The normalized spacial score (nSPS) is 22.8. The number of benzene rings is 2. The van der Waals surface area contributed by atoms with Gasteiger partial charge in [0.1, 0.15) is 0 Å². The number of hydrogen-bond donors (Lipinski definition) is 1. The first kappa shape index (κ1) is 23.0. The Balaban J connectivity index is 1.72. The largest absolute Gasteiger partial charge is 0.394 e. The first-order valence-corrected chi connectivity index (χ1v) is 11.9. The number of aliphatic hydroxyl groups excluding tert-OH is 1. The van der Waals surface area contributed by atoms with Crippen molar-refractivity contribution in [1.29, 1.82) is 0 Å². The van der Waals surface area contributed by atoms with Crippen molar-refractivity contribution < 1.29 is 14.6 Å². The second-order valence-corrected chi connectivity index (χ2v) is 9.68. The summed E-state index contributed by atoms with van der Waals surface area (Å²) in [5.41, 5.74) is 3.73. The molecule has 172 valence electrons. The molecule has 0 bridgehead atoms. The molecule has 2 aliphatic rings. The number of rotatable bonds is 6. The van der Waals surface area contributed by atoms with Crippen LogP contribution in [0.2, 0.25) is 0 Å². The fraction of sp³-hybridized carbons (Fsp3) is 0.519. The molecule has 1 aliphatic heterocycles. The molecule has 0 spiro atoms. The molecule has 32 heavy (non-hydrogen) atoms. The third-order valence-corrected chi connectivity index (χ3v) is 6.85. The van der Waals surface area contributed by atoms with Crippen molar-refractivity contribution in [2.75, 3.05) is 33.3 Å². The van der Waals surface area contributed by atoms with E-state index in [1.807, 2.05) is 48.2 Å². The highest BCUT2D eigenvalue weighted by Gasteiger charge is 2.31. The van der Waals surface area contributed by atoms with Gasteiger partial charge in [-0.1, -0.05) is 49.4 Å². The number of hydrogen-bond acceptors (Lipinski definition) is 4. The van der Waals surface area contributed by atoms with E-state index in [1.54, 1.807) is 0 Å². The van der Waals surface area contributed by atoms with Crippen LogP contribution in [0.4, 0.5) is 0 Å². The third-order valence-electron chi connectivity index (χ3n) is 6.85. The Morgan fingerprint density at radius 3 is 2.41 bits per heavy atom. The van der Waals surface area contributed by atoms with Gasteiger partial charge in [-0.15, -0.1) is 0 Å². The van der Waals surface area contributed by atoms with Gasteiger partial charge in [-0.3, -0.25) is 4.79 Å². The Morgan fingerprint density at radius 1 is 1.06 bits per heavy atom. The van der Waals surface area contributed by atoms with Crippen LogP contribution in [0.15, 0.2) is 48.5 Å². The van der Waals surface area contributed by atoms with E-state index in [9.17, 15) is 9.90 Å². The molecular formula is C27H36N2O3. The zero-order valence-corrected chi connectivity index (χ0v) is 19.5. The summed E-state index contributed by atoms with van der Waals surface area (Å²) in [5, 5.41) is 9.92. The molecule has 0 radical (unpaired) electrons. The Hall–Kier alpha value is -2.21. The second-order valence-electron chi connectivity index (χ2n) is 9.68. The van der Waals surface area contributed by atoms with Crippen molar-refractivity contribution in [2.24, 2.45) is 11.8 Å². The van der Waals surface area contributed by atoms with Crippen LogP contribution in [-0.4, -0.2) is 66.2 Å². The van der Waals surface area contributed by atoms with Crippen LogP contribution in [0.3, 0.4) is 0 Å². The summed E-state index contributed by atoms with van der Waals surface area (Å²) < 4.78 is 6.56. The lowest BCUT2D eigenvalue weighted by molar-refractivity contribution is -0.0235. The van der Waals surface area contributed by atoms with Crippen LogP contribution in [0, 0.1) is 11.8 Å². The highest BCUT2D eigenvalue weighted by molar-refractivity contribution is 6.01. The summed E-state index contributed by atoms with van der Waals surface area (Å²) in [6.07, 6.45) is 2.65. The van der Waals surface area contributed by atoms with Gasteiger partial charge in [-0.05, 0) is 55.5 Å². The van der Waals surface area contributed by atoms with Gasteiger partial charge in [0.05, 0.1) is 25.4 Å². The van der Waals surface area contributed by atoms with Crippen molar-refractivity contribution in [3.63, 3.8) is 0 Å². The number of aliphatic hydroxyl groups is 1. The average Bonchev–Trinajstić information content (AvgIpc) is 3.62. The van der Waals surface area contributed by atoms with Gasteiger partial charge in [-0.25, -0.2) is 0 Å². The van der Waals surface area contributed by atoms with Gasteiger partial charge < -0.3 is 19.6 Å². The van der Waals surface area contributed by atoms with Gasteiger partial charge in [0.2, 0.25) is 0 Å². The maximum absolute atomic E-state index is 13.8. The molecule has 5 heteroatoms. The fourth-order valence-corrected chi connectivity index (χ4v) is 4.67. The summed E-state index contributed by atoms with van der Waals surface area (Å²) in [6.45, 7) is 7.01. The predicted molar refractivity (Wildman–Crippen MR) is 127 cm³/mol. The van der Waals surface area contributed by atoms with Gasteiger partial charge in [0.25, 0.3) is 5.91 Å². The van der Waals surface area contributed by atoms with Gasteiger partial charge in [-0.2, -0.15) is 0 Å². The zero-order valence-electron chi connectivity index (χ0n) is 19.5. The van der Waals surface area contributed by atoms with E-state index in [-0.39, 0.29) is 30.6 Å². The molecule has 0 aromatic heterocycles. The molecule has 2 aromatic carbocycles. The number of ether oxygens (including phenoxy) is 1. The van der Waals surface area contributed by atoms with Gasteiger partial charge in [0, 0.05) is 31.1 Å². The molecule has 4 rings (SSSR count). The standard InChI is InChI=1S/C27H36N2O3/c1-19-14-29(20(2)17-30)27(31)25-11-7-6-10-24(25)23-9-5-4-8-22(23)18-32-26(19)16-28(3)15-21-12-13-21/h4-11,19-21,26,30H,12-18H2,1-3H3/t19-,20+,26-/m0/s1. The van der Waals surface area contributed by atoms with Gasteiger partial charge >= 0.3 is 0 Å². The molecule has 5 nitrogen and oxygen atoms in total. The molecule has 0 saturated heterocycles. The Bertz CT molecular complexity index is 927. The lowest BCUT2D eigenvalue weighted by Gasteiger charge is -2.35. The SMILES string of the molecule is C[C@H](CO)N1C[C@H](C)[C@H](CN(C)CC2CC2)OCc2ccccc2-c2ccccc2C1=O. The minimum atomic E-state index is -0.265. The van der Waals surface area contributed by atoms with Crippen LogP contribution in [0.25, 0.3) is 11.1 Å². The summed E-state index contributed by atoms with van der Waals surface area (Å²) in [4.78, 5) is 18.0. The van der Waals surface area contributed by atoms with E-state index in [1.165, 1.54) is 12.8 Å². The minimum absolute atomic E-state index is 0.00536. The Morgan fingerprint density at radius 2 is 1.72 bits per heavy atom. The molecule has 1 N–H and O–H groups in total. The lowest BCUT2D eigenvalue weighted by Crippen LogP contribution is -2.47. The van der Waals surface area contributed by atoms with Crippen molar-refractivity contribution in [3.05, 3.63) is 59.7 Å². The van der Waals surface area contributed by atoms with Crippen molar-refractivity contribution in [3.8, 4) is 11.1 Å². The molecule has 1 heterocycles. The topological polar surface area (TPSA) is 53.0 Å². The lowest BCUT2D eigenvalue weighted by atomic mass is 9.94. The maximum Gasteiger partial charge on any atom is 0.254 e. The van der Waals surface area contributed by atoms with E-state index >= 15 is 0 Å². The van der Waals surface area contributed by atoms with Crippen molar-refractivity contribution in [2.45, 2.75) is 45.4 Å². The summed E-state index contributed by atoms with van der Waals surface area (Å²) >= 11 is 0. The second kappa shape index (κ2) is 10.2. The minimum Gasteiger partial charge on any atom is -0.394 e. The smallest absolute Gasteiger partial charge is 0.254 e. The number of likely N-dealkylation sites (N-methyl/N-ethyl adjacent to an activating group) is 1. The van der Waals surface area contributed by atoms with Crippen molar-refractivity contribution in [1.82, 2.24) is 9.80 Å². The highest BCUT2D eigenvalue weighted by atomic mass is 16.5. The summed E-state index contributed by atoms with van der Waals surface area (Å²) in [7, 11) is 2.17. The van der Waals surface area contributed by atoms with Crippen LogP contribution in [0.5, 0.6) is 0 Å². The molecule has 3 atom stereocenters. The Labute approximate surface area is 192 Å². The summed E-state index contributed by atoms with van der Waals surface area (Å²) in [6, 6.07) is 15.7. The number of carbonyl (C=O) groups is 1. The van der Waals surface area contributed by atoms with E-state index in [4.69, 9.17) is 4.74 Å². The van der Waals surface area contributed by atoms with Crippen LogP contribution >= 0.6 is 0 Å². The number of nitrogens with zero attached hydrogens (tertiary/aromatic N) is 2. The predicted octanol–water partition coefficient (Wildman–Crippen LogP) is 4.05. The average molecular weight is 437 g/mol. The molecule has 1 saturated carbocycles.